The number of halogens is 1. The predicted octanol–water partition coefficient (Wildman–Crippen LogP) is 4.34. The third-order valence-corrected chi connectivity index (χ3v) is 4.15. The molecule has 0 amide bonds. The van der Waals surface area contributed by atoms with Gasteiger partial charge in [-0.15, -0.1) is 0 Å². The van der Waals surface area contributed by atoms with Gasteiger partial charge >= 0.3 is 0 Å². The van der Waals surface area contributed by atoms with E-state index in [0.717, 1.165) is 53.1 Å². The average Bonchev–Trinajstić information content (AvgIpc) is 2.46. The Kier molecular flexibility index (Phi) is 8.37. The summed E-state index contributed by atoms with van der Waals surface area (Å²) in [6, 6.07) is 0. The van der Waals surface area contributed by atoms with Gasteiger partial charge in [-0.25, -0.2) is 9.97 Å². The Morgan fingerprint density at radius 1 is 1.15 bits per heavy atom. The van der Waals surface area contributed by atoms with Gasteiger partial charge in [0.15, 0.2) is 5.82 Å². The Morgan fingerprint density at radius 2 is 1.90 bits per heavy atom. The molecule has 0 aliphatic heterocycles. The molecular weight excluding hydrogens is 365 g/mol. The summed E-state index contributed by atoms with van der Waals surface area (Å²) in [6.07, 6.45) is 4.04. The molecule has 0 saturated carbocycles. The highest BCUT2D eigenvalue weighted by Gasteiger charge is 2.18. The van der Waals surface area contributed by atoms with Crippen LogP contribution in [0.4, 0.5) is 5.82 Å². The van der Waals surface area contributed by atoms with Crippen LogP contribution in [0.15, 0.2) is 0 Å². The summed E-state index contributed by atoms with van der Waals surface area (Å²) in [6.45, 7) is 10.1. The molecule has 1 atom stereocenters. The minimum atomic E-state index is 0.00877. The van der Waals surface area contributed by atoms with Crippen molar-refractivity contribution in [3.05, 3.63) is 15.1 Å². The standard InChI is InChI=1S/C15H26IN3O/c1-5-9-12(20-8-4)14-18-11(7-3)13(16)15(19-14)17-10-6-2/h12H,5-10H2,1-4H3,(H,17,18,19). The van der Waals surface area contributed by atoms with Crippen LogP contribution in [0.1, 0.15) is 64.6 Å². The van der Waals surface area contributed by atoms with Crippen LogP contribution in [0.5, 0.6) is 0 Å². The lowest BCUT2D eigenvalue weighted by Crippen LogP contribution is -2.15. The Labute approximate surface area is 136 Å². The summed E-state index contributed by atoms with van der Waals surface area (Å²) in [5.74, 6) is 1.78. The number of anilines is 1. The third-order valence-electron chi connectivity index (χ3n) is 3.02. The minimum absolute atomic E-state index is 0.00877. The molecule has 1 rings (SSSR count). The zero-order chi connectivity index (χ0) is 15.0. The summed E-state index contributed by atoms with van der Waals surface area (Å²) in [4.78, 5) is 9.41. The molecule has 20 heavy (non-hydrogen) atoms. The second-order valence-electron chi connectivity index (χ2n) is 4.70. The van der Waals surface area contributed by atoms with Crippen LogP contribution in [-0.2, 0) is 11.2 Å². The van der Waals surface area contributed by atoms with Gasteiger partial charge in [0, 0.05) is 13.2 Å². The highest BCUT2D eigenvalue weighted by atomic mass is 127. The minimum Gasteiger partial charge on any atom is -0.371 e. The van der Waals surface area contributed by atoms with Crippen LogP contribution >= 0.6 is 22.6 Å². The lowest BCUT2D eigenvalue weighted by atomic mass is 10.2. The summed E-state index contributed by atoms with van der Waals surface area (Å²) in [5, 5.41) is 3.40. The molecule has 5 heteroatoms. The van der Waals surface area contributed by atoms with E-state index in [2.05, 4.69) is 48.7 Å². The van der Waals surface area contributed by atoms with Gasteiger partial charge in [0.1, 0.15) is 11.9 Å². The number of hydrogen-bond acceptors (Lipinski definition) is 4. The topological polar surface area (TPSA) is 47.0 Å². The molecular formula is C15H26IN3O. The largest absolute Gasteiger partial charge is 0.371 e. The fourth-order valence-corrected chi connectivity index (χ4v) is 2.82. The summed E-state index contributed by atoms with van der Waals surface area (Å²) in [7, 11) is 0. The number of rotatable bonds is 9. The molecule has 0 radical (unpaired) electrons. The van der Waals surface area contributed by atoms with Crippen molar-refractivity contribution in [1.82, 2.24) is 9.97 Å². The van der Waals surface area contributed by atoms with Crippen LogP contribution in [0.3, 0.4) is 0 Å². The smallest absolute Gasteiger partial charge is 0.159 e. The summed E-state index contributed by atoms with van der Waals surface area (Å²) < 4.78 is 6.95. The molecule has 114 valence electrons. The average molecular weight is 391 g/mol. The Hall–Kier alpha value is -0.430. The molecule has 1 N–H and O–H groups in total. The van der Waals surface area contributed by atoms with Crippen molar-refractivity contribution < 1.29 is 4.74 Å². The maximum Gasteiger partial charge on any atom is 0.159 e. The third kappa shape index (κ3) is 4.84. The fourth-order valence-electron chi connectivity index (χ4n) is 2.00. The molecule has 1 unspecified atom stereocenters. The van der Waals surface area contributed by atoms with E-state index in [9.17, 15) is 0 Å². The van der Waals surface area contributed by atoms with Crippen molar-refractivity contribution in [3.8, 4) is 0 Å². The van der Waals surface area contributed by atoms with E-state index < -0.39 is 0 Å². The van der Waals surface area contributed by atoms with Gasteiger partial charge in [-0.3, -0.25) is 0 Å². The van der Waals surface area contributed by atoms with Crippen LogP contribution in [-0.4, -0.2) is 23.1 Å². The molecule has 0 aliphatic rings. The van der Waals surface area contributed by atoms with Crippen LogP contribution in [0, 0.1) is 3.57 Å². The van der Waals surface area contributed by atoms with Gasteiger partial charge in [0.2, 0.25) is 0 Å². The first-order chi connectivity index (χ1) is 9.67. The van der Waals surface area contributed by atoms with Gasteiger partial charge in [-0.1, -0.05) is 27.2 Å². The molecule has 1 aromatic rings. The lowest BCUT2D eigenvalue weighted by molar-refractivity contribution is 0.0493. The first kappa shape index (κ1) is 17.6. The molecule has 1 aromatic heterocycles. The highest BCUT2D eigenvalue weighted by Crippen LogP contribution is 2.25. The molecule has 0 saturated heterocycles. The normalized spacial score (nSPS) is 12.4. The highest BCUT2D eigenvalue weighted by molar-refractivity contribution is 14.1. The van der Waals surface area contributed by atoms with Crippen molar-refractivity contribution in [3.63, 3.8) is 0 Å². The van der Waals surface area contributed by atoms with Gasteiger partial charge in [-0.2, -0.15) is 0 Å². The number of nitrogens with zero attached hydrogens (tertiary/aromatic N) is 2. The zero-order valence-corrected chi connectivity index (χ0v) is 15.2. The Balaban J connectivity index is 3.10. The Morgan fingerprint density at radius 3 is 2.45 bits per heavy atom. The molecule has 0 aromatic carbocycles. The summed E-state index contributed by atoms with van der Waals surface area (Å²) in [5.41, 5.74) is 1.11. The second-order valence-corrected chi connectivity index (χ2v) is 5.78. The SMILES string of the molecule is CCCNc1nc(C(CCC)OCC)nc(CC)c1I. The lowest BCUT2D eigenvalue weighted by Gasteiger charge is -2.18. The van der Waals surface area contributed by atoms with Gasteiger partial charge in [-0.05, 0) is 48.8 Å². The van der Waals surface area contributed by atoms with Crippen molar-refractivity contribution in [2.45, 2.75) is 59.5 Å². The molecule has 0 spiro atoms. The number of aryl methyl sites for hydroxylation is 1. The zero-order valence-electron chi connectivity index (χ0n) is 13.0. The molecule has 0 aliphatic carbocycles. The number of ether oxygens (including phenoxy) is 1. The van der Waals surface area contributed by atoms with Gasteiger partial charge in [0.05, 0.1) is 9.26 Å². The van der Waals surface area contributed by atoms with Crippen molar-refractivity contribution in [1.29, 1.82) is 0 Å². The summed E-state index contributed by atoms with van der Waals surface area (Å²) >= 11 is 2.34. The second kappa shape index (κ2) is 9.50. The maximum absolute atomic E-state index is 5.81. The van der Waals surface area contributed by atoms with E-state index in [1.807, 2.05) is 6.92 Å². The van der Waals surface area contributed by atoms with E-state index >= 15 is 0 Å². The fraction of sp³-hybridized carbons (Fsp3) is 0.733. The quantitative estimate of drug-likeness (QED) is 0.636. The Bertz CT molecular complexity index is 406. The van der Waals surface area contributed by atoms with Gasteiger partial charge < -0.3 is 10.1 Å². The molecule has 0 bridgehead atoms. The number of hydrogen-bond donors (Lipinski definition) is 1. The van der Waals surface area contributed by atoms with E-state index in [-0.39, 0.29) is 6.10 Å². The monoisotopic (exact) mass is 391 g/mol. The predicted molar refractivity (Wildman–Crippen MR) is 92.2 cm³/mol. The van der Waals surface area contributed by atoms with Crippen molar-refractivity contribution >= 4 is 28.4 Å². The van der Waals surface area contributed by atoms with Gasteiger partial charge in [0.25, 0.3) is 0 Å². The van der Waals surface area contributed by atoms with E-state index in [1.54, 1.807) is 0 Å². The maximum atomic E-state index is 5.81. The first-order valence-electron chi connectivity index (χ1n) is 7.59. The van der Waals surface area contributed by atoms with Crippen LogP contribution < -0.4 is 5.32 Å². The number of aromatic nitrogens is 2. The van der Waals surface area contributed by atoms with E-state index in [1.165, 1.54) is 0 Å². The van der Waals surface area contributed by atoms with E-state index in [4.69, 9.17) is 14.7 Å². The molecule has 1 heterocycles. The first-order valence-corrected chi connectivity index (χ1v) is 8.67. The number of nitrogens with one attached hydrogen (secondary N) is 1. The van der Waals surface area contributed by atoms with Crippen LogP contribution in [0.2, 0.25) is 0 Å². The van der Waals surface area contributed by atoms with Crippen LogP contribution in [0.25, 0.3) is 0 Å². The molecule has 4 nitrogen and oxygen atoms in total. The van der Waals surface area contributed by atoms with Crippen molar-refractivity contribution in [2.75, 3.05) is 18.5 Å². The van der Waals surface area contributed by atoms with Crippen molar-refractivity contribution in [2.24, 2.45) is 0 Å². The molecule has 0 fully saturated rings. The van der Waals surface area contributed by atoms with E-state index in [0.29, 0.717) is 6.61 Å².